The Bertz CT molecular complexity index is 934. The first-order valence-corrected chi connectivity index (χ1v) is 7.71. The molecule has 0 aliphatic carbocycles. The summed E-state index contributed by atoms with van der Waals surface area (Å²) in [4.78, 5) is 12.2. The minimum absolute atomic E-state index is 0.284. The maximum absolute atomic E-state index is 12.8. The fraction of sp³-hybridized carbons (Fsp3) is 0.235. The molecule has 0 atom stereocenters. The molecule has 0 saturated carbocycles. The lowest BCUT2D eigenvalue weighted by Gasteiger charge is -2.07. The van der Waals surface area contributed by atoms with Crippen LogP contribution in [-0.4, -0.2) is 25.5 Å². The molecule has 0 aliphatic rings. The average Bonchev–Trinajstić information content (AvgIpc) is 3.11. The van der Waals surface area contributed by atoms with Gasteiger partial charge in [0, 0.05) is 24.1 Å². The molecule has 3 rings (SSSR count). The zero-order valence-corrected chi connectivity index (χ0v) is 14.3. The number of amides is 1. The van der Waals surface area contributed by atoms with Crippen molar-refractivity contribution in [2.75, 3.05) is 5.32 Å². The second-order valence-corrected chi connectivity index (χ2v) is 5.88. The lowest BCUT2D eigenvalue weighted by atomic mass is 10.2. The van der Waals surface area contributed by atoms with Crippen LogP contribution in [0.5, 0.6) is 0 Å². The minimum atomic E-state index is -4.50. The van der Waals surface area contributed by atoms with Gasteiger partial charge in [0.05, 0.1) is 5.69 Å². The van der Waals surface area contributed by atoms with Crippen LogP contribution in [0.4, 0.5) is 18.9 Å². The maximum Gasteiger partial charge on any atom is 0.435 e. The minimum Gasteiger partial charge on any atom is -0.321 e. The lowest BCUT2D eigenvalue weighted by molar-refractivity contribution is -0.141. The van der Waals surface area contributed by atoms with E-state index in [2.05, 4.69) is 15.5 Å². The molecular weight excluding hydrogens is 347 g/mol. The molecule has 1 aromatic carbocycles. The summed E-state index contributed by atoms with van der Waals surface area (Å²) >= 11 is 0. The van der Waals surface area contributed by atoms with Gasteiger partial charge in [0.2, 0.25) is 0 Å². The van der Waals surface area contributed by atoms with Gasteiger partial charge in [0.15, 0.2) is 11.4 Å². The molecule has 0 radical (unpaired) electrons. The summed E-state index contributed by atoms with van der Waals surface area (Å²) in [6.45, 7) is 3.38. The Morgan fingerprint density at radius 3 is 2.19 bits per heavy atom. The van der Waals surface area contributed by atoms with E-state index in [9.17, 15) is 18.0 Å². The van der Waals surface area contributed by atoms with Gasteiger partial charge >= 0.3 is 6.18 Å². The Kier molecular flexibility index (Phi) is 4.31. The van der Waals surface area contributed by atoms with E-state index < -0.39 is 11.9 Å². The number of halogens is 3. The van der Waals surface area contributed by atoms with Crippen LogP contribution in [0.2, 0.25) is 0 Å². The van der Waals surface area contributed by atoms with E-state index in [1.165, 1.54) is 4.68 Å². The number of anilines is 1. The number of carbonyl (C=O) groups excluding carboxylic acids is 1. The first kappa shape index (κ1) is 17.7. The first-order valence-electron chi connectivity index (χ1n) is 7.71. The van der Waals surface area contributed by atoms with Gasteiger partial charge in [-0.1, -0.05) is 0 Å². The third kappa shape index (κ3) is 3.46. The van der Waals surface area contributed by atoms with Crippen LogP contribution in [0, 0.1) is 13.8 Å². The van der Waals surface area contributed by atoms with Gasteiger partial charge in [-0.15, -0.1) is 0 Å². The molecule has 2 aromatic heterocycles. The summed E-state index contributed by atoms with van der Waals surface area (Å²) in [7, 11) is 1.74. The van der Waals surface area contributed by atoms with Crippen molar-refractivity contribution in [3.63, 3.8) is 0 Å². The number of aromatic nitrogens is 4. The van der Waals surface area contributed by atoms with Crippen LogP contribution in [0.1, 0.15) is 27.6 Å². The van der Waals surface area contributed by atoms with Crippen molar-refractivity contribution in [1.29, 1.82) is 0 Å². The standard InChI is InChI=1S/C17H16F3N5O/c1-10-8-14(22-24(10)3)16(26)21-12-4-6-13(7-5-12)25-11(2)9-15(23-25)17(18,19)20/h4-9H,1-3H3,(H,21,26). The largest absolute Gasteiger partial charge is 0.435 e. The highest BCUT2D eigenvalue weighted by atomic mass is 19.4. The van der Waals surface area contributed by atoms with Crippen LogP contribution in [0.15, 0.2) is 36.4 Å². The van der Waals surface area contributed by atoms with Crippen molar-refractivity contribution in [2.24, 2.45) is 7.05 Å². The van der Waals surface area contributed by atoms with Gasteiger partial charge in [0.25, 0.3) is 5.91 Å². The van der Waals surface area contributed by atoms with E-state index >= 15 is 0 Å². The van der Waals surface area contributed by atoms with Crippen LogP contribution < -0.4 is 5.32 Å². The fourth-order valence-corrected chi connectivity index (χ4v) is 2.43. The number of alkyl halides is 3. The molecular formula is C17H16F3N5O. The van der Waals surface area contributed by atoms with Crippen LogP contribution >= 0.6 is 0 Å². The molecule has 0 saturated heterocycles. The monoisotopic (exact) mass is 363 g/mol. The summed E-state index contributed by atoms with van der Waals surface area (Å²) < 4.78 is 41.1. The van der Waals surface area contributed by atoms with E-state index in [0.717, 1.165) is 11.8 Å². The number of rotatable bonds is 3. The zero-order valence-electron chi connectivity index (χ0n) is 14.3. The highest BCUT2D eigenvalue weighted by molar-refractivity contribution is 6.02. The predicted octanol–water partition coefficient (Wildman–Crippen LogP) is 3.49. The second kappa shape index (κ2) is 6.32. The number of nitrogens with zero attached hydrogens (tertiary/aromatic N) is 4. The Balaban J connectivity index is 1.79. The summed E-state index contributed by atoms with van der Waals surface area (Å²) in [5.74, 6) is -0.365. The van der Waals surface area contributed by atoms with Crippen LogP contribution in [-0.2, 0) is 13.2 Å². The molecule has 0 fully saturated rings. The molecule has 26 heavy (non-hydrogen) atoms. The first-order chi connectivity index (χ1) is 12.1. The highest BCUT2D eigenvalue weighted by Crippen LogP contribution is 2.29. The molecule has 136 valence electrons. The molecule has 0 aliphatic heterocycles. The summed E-state index contributed by atoms with van der Waals surface area (Å²) in [5, 5.41) is 10.4. The average molecular weight is 363 g/mol. The van der Waals surface area contributed by atoms with Gasteiger partial charge < -0.3 is 5.32 Å². The summed E-state index contributed by atoms with van der Waals surface area (Å²) in [6.07, 6.45) is -4.50. The molecule has 3 aromatic rings. The van der Waals surface area contributed by atoms with E-state index in [-0.39, 0.29) is 11.6 Å². The van der Waals surface area contributed by atoms with Gasteiger partial charge in [-0.3, -0.25) is 9.48 Å². The van der Waals surface area contributed by atoms with Crippen molar-refractivity contribution >= 4 is 11.6 Å². The van der Waals surface area contributed by atoms with E-state index in [0.29, 0.717) is 17.1 Å². The Hall–Kier alpha value is -3.10. The third-order valence-electron chi connectivity index (χ3n) is 3.89. The van der Waals surface area contributed by atoms with Crippen molar-refractivity contribution in [3.8, 4) is 5.69 Å². The molecule has 0 bridgehead atoms. The van der Waals surface area contributed by atoms with Gasteiger partial charge in [-0.05, 0) is 50.2 Å². The fourth-order valence-electron chi connectivity index (χ4n) is 2.43. The predicted molar refractivity (Wildman–Crippen MR) is 89.2 cm³/mol. The highest BCUT2D eigenvalue weighted by Gasteiger charge is 2.34. The Labute approximate surface area is 147 Å². The normalized spacial score (nSPS) is 11.6. The van der Waals surface area contributed by atoms with Crippen LogP contribution in [0.25, 0.3) is 5.69 Å². The number of hydrogen-bond acceptors (Lipinski definition) is 3. The Morgan fingerprint density at radius 2 is 1.69 bits per heavy atom. The van der Waals surface area contributed by atoms with Crippen molar-refractivity contribution in [1.82, 2.24) is 19.6 Å². The molecule has 0 spiro atoms. The Morgan fingerprint density at radius 1 is 1.04 bits per heavy atom. The maximum atomic E-state index is 12.8. The summed E-state index contributed by atoms with van der Waals surface area (Å²) in [6, 6.07) is 9.00. The van der Waals surface area contributed by atoms with Gasteiger partial charge in [0.1, 0.15) is 0 Å². The van der Waals surface area contributed by atoms with E-state index in [4.69, 9.17) is 0 Å². The molecule has 9 heteroatoms. The van der Waals surface area contributed by atoms with Crippen LogP contribution in [0.3, 0.4) is 0 Å². The lowest BCUT2D eigenvalue weighted by Crippen LogP contribution is -2.13. The van der Waals surface area contributed by atoms with E-state index in [1.807, 2.05) is 6.92 Å². The third-order valence-corrected chi connectivity index (χ3v) is 3.89. The zero-order chi connectivity index (χ0) is 19.1. The smallest absolute Gasteiger partial charge is 0.321 e. The number of benzene rings is 1. The second-order valence-electron chi connectivity index (χ2n) is 5.88. The molecule has 6 nitrogen and oxygen atoms in total. The molecule has 1 N–H and O–H groups in total. The van der Waals surface area contributed by atoms with Gasteiger partial charge in [-0.25, -0.2) is 4.68 Å². The van der Waals surface area contributed by atoms with Gasteiger partial charge in [-0.2, -0.15) is 23.4 Å². The quantitative estimate of drug-likeness (QED) is 0.775. The molecule has 2 heterocycles. The van der Waals surface area contributed by atoms with Crippen molar-refractivity contribution < 1.29 is 18.0 Å². The van der Waals surface area contributed by atoms with E-state index in [1.54, 1.807) is 49.0 Å². The molecule has 0 unspecified atom stereocenters. The number of aryl methyl sites for hydroxylation is 3. The summed E-state index contributed by atoms with van der Waals surface area (Å²) in [5.41, 5.74) is 1.51. The number of carbonyl (C=O) groups is 1. The number of hydrogen-bond donors (Lipinski definition) is 1. The topological polar surface area (TPSA) is 64.7 Å². The van der Waals surface area contributed by atoms with Crippen molar-refractivity contribution in [3.05, 3.63) is 59.2 Å². The molecule has 1 amide bonds. The van der Waals surface area contributed by atoms with Crippen molar-refractivity contribution in [2.45, 2.75) is 20.0 Å². The SMILES string of the molecule is Cc1cc(C(=O)Nc2ccc(-n3nc(C(F)(F)F)cc3C)cc2)nn1C. The number of nitrogens with one attached hydrogen (secondary N) is 1.